The Morgan fingerprint density at radius 1 is 1.40 bits per heavy atom. The van der Waals surface area contributed by atoms with Crippen LogP contribution in [0.1, 0.15) is 17.4 Å². The lowest BCUT2D eigenvalue weighted by Gasteiger charge is -2.05. The summed E-state index contributed by atoms with van der Waals surface area (Å²) in [6.07, 6.45) is 0. The number of amides is 1. The lowest BCUT2D eigenvalue weighted by Crippen LogP contribution is -2.05. The maximum atomic E-state index is 11.2. The number of aryl methyl sites for hydroxylation is 1. The van der Waals surface area contributed by atoms with Gasteiger partial charge in [-0.15, -0.1) is 11.3 Å². The third-order valence-electron chi connectivity index (χ3n) is 2.69. The van der Waals surface area contributed by atoms with Crippen LogP contribution in [-0.2, 0) is 4.79 Å². The molecule has 0 saturated heterocycles. The molecular formula is C14H10Cl2N2OS. The van der Waals surface area contributed by atoms with Crippen LogP contribution in [0.2, 0.25) is 10.0 Å². The van der Waals surface area contributed by atoms with E-state index in [1.165, 1.54) is 18.3 Å². The second kappa shape index (κ2) is 5.84. The molecule has 1 aromatic carbocycles. The average Bonchev–Trinajstić information content (AvgIpc) is 2.64. The van der Waals surface area contributed by atoms with Crippen molar-refractivity contribution < 1.29 is 4.79 Å². The quantitative estimate of drug-likeness (QED) is 0.857. The van der Waals surface area contributed by atoms with Gasteiger partial charge in [-0.2, -0.15) is 5.26 Å². The van der Waals surface area contributed by atoms with E-state index in [-0.39, 0.29) is 5.91 Å². The van der Waals surface area contributed by atoms with E-state index in [9.17, 15) is 10.1 Å². The molecule has 0 spiro atoms. The van der Waals surface area contributed by atoms with Crippen molar-refractivity contribution in [1.29, 1.82) is 5.26 Å². The summed E-state index contributed by atoms with van der Waals surface area (Å²) in [4.78, 5) is 12.1. The summed E-state index contributed by atoms with van der Waals surface area (Å²) in [5.74, 6) is -0.212. The first-order valence-corrected chi connectivity index (χ1v) is 7.27. The van der Waals surface area contributed by atoms with Crippen LogP contribution in [0, 0.1) is 18.3 Å². The van der Waals surface area contributed by atoms with Crippen molar-refractivity contribution in [3.05, 3.63) is 38.7 Å². The van der Waals surface area contributed by atoms with Gasteiger partial charge in [0.2, 0.25) is 5.91 Å². The number of carbonyl (C=O) groups is 1. The standard InChI is InChI=1S/C14H10Cl2N2OS/c1-7-13(10-4-3-9(15)5-12(10)16)11(6-17)14(20-7)18-8(2)19/h3-5H,1-2H3,(H,18,19). The van der Waals surface area contributed by atoms with Crippen LogP contribution < -0.4 is 5.32 Å². The van der Waals surface area contributed by atoms with Crippen molar-refractivity contribution in [3.8, 4) is 17.2 Å². The van der Waals surface area contributed by atoms with E-state index < -0.39 is 0 Å². The van der Waals surface area contributed by atoms with E-state index in [0.29, 0.717) is 20.6 Å². The molecule has 0 bridgehead atoms. The Balaban J connectivity index is 2.65. The number of hydrogen-bond acceptors (Lipinski definition) is 3. The highest BCUT2D eigenvalue weighted by Gasteiger charge is 2.19. The molecule has 1 heterocycles. The first kappa shape index (κ1) is 14.9. The van der Waals surface area contributed by atoms with Crippen LogP contribution in [0.25, 0.3) is 11.1 Å². The van der Waals surface area contributed by atoms with Gasteiger partial charge in [-0.1, -0.05) is 29.3 Å². The summed E-state index contributed by atoms with van der Waals surface area (Å²) in [7, 11) is 0. The smallest absolute Gasteiger partial charge is 0.221 e. The summed E-state index contributed by atoms with van der Waals surface area (Å²) in [5, 5.41) is 13.6. The number of nitrogens with one attached hydrogen (secondary N) is 1. The van der Waals surface area contributed by atoms with Gasteiger partial charge >= 0.3 is 0 Å². The molecule has 0 atom stereocenters. The van der Waals surface area contributed by atoms with Crippen LogP contribution in [0.4, 0.5) is 5.00 Å². The number of thiophene rings is 1. The molecule has 1 N–H and O–H groups in total. The van der Waals surface area contributed by atoms with E-state index in [2.05, 4.69) is 11.4 Å². The van der Waals surface area contributed by atoms with Gasteiger partial charge < -0.3 is 5.32 Å². The number of rotatable bonds is 2. The van der Waals surface area contributed by atoms with Crippen LogP contribution in [-0.4, -0.2) is 5.91 Å². The van der Waals surface area contributed by atoms with Gasteiger partial charge in [-0.3, -0.25) is 4.79 Å². The van der Waals surface area contributed by atoms with E-state index in [4.69, 9.17) is 23.2 Å². The summed E-state index contributed by atoms with van der Waals surface area (Å²) in [5.41, 5.74) is 1.90. The van der Waals surface area contributed by atoms with Gasteiger partial charge in [-0.05, 0) is 19.1 Å². The Kier molecular flexibility index (Phi) is 4.34. The molecule has 0 aliphatic carbocycles. The molecule has 0 fully saturated rings. The molecular weight excluding hydrogens is 315 g/mol. The summed E-state index contributed by atoms with van der Waals surface area (Å²) >= 11 is 13.4. The Morgan fingerprint density at radius 3 is 2.65 bits per heavy atom. The SMILES string of the molecule is CC(=O)Nc1sc(C)c(-c2ccc(Cl)cc2Cl)c1C#N. The molecule has 3 nitrogen and oxygen atoms in total. The fourth-order valence-electron chi connectivity index (χ4n) is 1.92. The number of carbonyl (C=O) groups excluding carboxylic acids is 1. The largest absolute Gasteiger partial charge is 0.317 e. The highest BCUT2D eigenvalue weighted by Crippen LogP contribution is 2.42. The fourth-order valence-corrected chi connectivity index (χ4v) is 3.48. The lowest BCUT2D eigenvalue weighted by atomic mass is 10.0. The number of nitrogens with zero attached hydrogens (tertiary/aromatic N) is 1. The molecule has 2 aromatic rings. The second-order valence-corrected chi connectivity index (χ2v) is 6.22. The molecule has 102 valence electrons. The van der Waals surface area contributed by atoms with Gasteiger partial charge in [0, 0.05) is 33.0 Å². The van der Waals surface area contributed by atoms with Gasteiger partial charge in [0.1, 0.15) is 11.1 Å². The Morgan fingerprint density at radius 2 is 2.10 bits per heavy atom. The zero-order valence-electron chi connectivity index (χ0n) is 10.8. The van der Waals surface area contributed by atoms with Crippen LogP contribution >= 0.6 is 34.5 Å². The summed E-state index contributed by atoms with van der Waals surface area (Å²) in [6.45, 7) is 3.29. The van der Waals surface area contributed by atoms with E-state index in [1.807, 2.05) is 6.92 Å². The summed E-state index contributed by atoms with van der Waals surface area (Å²) < 4.78 is 0. The minimum atomic E-state index is -0.212. The Bertz CT molecular complexity index is 732. The second-order valence-electron chi connectivity index (χ2n) is 4.15. The highest BCUT2D eigenvalue weighted by molar-refractivity contribution is 7.17. The highest BCUT2D eigenvalue weighted by atomic mass is 35.5. The van der Waals surface area contributed by atoms with Crippen LogP contribution in [0.5, 0.6) is 0 Å². The molecule has 0 aliphatic heterocycles. The van der Waals surface area contributed by atoms with Gasteiger partial charge in [0.15, 0.2) is 0 Å². The van der Waals surface area contributed by atoms with Gasteiger partial charge in [-0.25, -0.2) is 0 Å². The van der Waals surface area contributed by atoms with Crippen molar-refractivity contribution in [3.63, 3.8) is 0 Å². The molecule has 1 amide bonds. The number of halogens is 2. The fraction of sp³-hybridized carbons (Fsp3) is 0.143. The van der Waals surface area contributed by atoms with E-state index in [1.54, 1.807) is 18.2 Å². The molecule has 0 aliphatic rings. The minimum Gasteiger partial charge on any atom is -0.317 e. The maximum Gasteiger partial charge on any atom is 0.221 e. The van der Waals surface area contributed by atoms with Crippen molar-refractivity contribution in [1.82, 2.24) is 0 Å². The Labute approximate surface area is 130 Å². The molecule has 6 heteroatoms. The Hall–Kier alpha value is -1.54. The first-order chi connectivity index (χ1) is 9.43. The predicted octanol–water partition coefficient (Wildman–Crippen LogP) is 4.86. The molecule has 20 heavy (non-hydrogen) atoms. The monoisotopic (exact) mass is 324 g/mol. The summed E-state index contributed by atoms with van der Waals surface area (Å²) in [6, 6.07) is 7.27. The van der Waals surface area contributed by atoms with Crippen molar-refractivity contribution in [2.24, 2.45) is 0 Å². The normalized spacial score (nSPS) is 10.2. The topological polar surface area (TPSA) is 52.9 Å². The maximum absolute atomic E-state index is 11.2. The third kappa shape index (κ3) is 2.80. The van der Waals surface area contributed by atoms with Crippen LogP contribution in [0.15, 0.2) is 18.2 Å². The molecule has 0 radical (unpaired) electrons. The molecule has 0 saturated carbocycles. The average molecular weight is 325 g/mol. The van der Waals surface area contributed by atoms with Gasteiger partial charge in [0.05, 0.1) is 5.56 Å². The number of nitriles is 1. The zero-order valence-corrected chi connectivity index (χ0v) is 13.1. The van der Waals surface area contributed by atoms with Crippen molar-refractivity contribution in [2.75, 3.05) is 5.32 Å². The zero-order chi connectivity index (χ0) is 14.9. The molecule has 2 rings (SSSR count). The molecule has 1 aromatic heterocycles. The van der Waals surface area contributed by atoms with Crippen molar-refractivity contribution >= 4 is 45.4 Å². The molecule has 0 unspecified atom stereocenters. The van der Waals surface area contributed by atoms with E-state index in [0.717, 1.165) is 16.0 Å². The van der Waals surface area contributed by atoms with E-state index >= 15 is 0 Å². The minimum absolute atomic E-state index is 0.212. The third-order valence-corrected chi connectivity index (χ3v) is 4.25. The number of benzene rings is 1. The van der Waals surface area contributed by atoms with Crippen LogP contribution in [0.3, 0.4) is 0 Å². The van der Waals surface area contributed by atoms with Crippen molar-refractivity contribution in [2.45, 2.75) is 13.8 Å². The predicted molar refractivity (Wildman–Crippen MR) is 83.5 cm³/mol. The lowest BCUT2D eigenvalue weighted by molar-refractivity contribution is -0.114. The number of hydrogen-bond donors (Lipinski definition) is 1. The van der Waals surface area contributed by atoms with Gasteiger partial charge in [0.25, 0.3) is 0 Å². The number of anilines is 1. The first-order valence-electron chi connectivity index (χ1n) is 5.70.